The lowest BCUT2D eigenvalue weighted by Gasteiger charge is -2.20. The Balaban J connectivity index is 2.14. The largest absolute Gasteiger partial charge is 0.332 e. The number of hydroxylamine groups is 2. The van der Waals surface area contributed by atoms with E-state index in [1.807, 2.05) is 25.1 Å². The van der Waals surface area contributed by atoms with Crippen LogP contribution in [-0.2, 0) is 20.9 Å². The van der Waals surface area contributed by atoms with Gasteiger partial charge in [-0.2, -0.15) is 0 Å². The van der Waals surface area contributed by atoms with Gasteiger partial charge < -0.3 is 4.84 Å². The molecule has 0 radical (unpaired) electrons. The van der Waals surface area contributed by atoms with Gasteiger partial charge in [-0.1, -0.05) is 135 Å². The van der Waals surface area contributed by atoms with Crippen LogP contribution in [0.3, 0.4) is 0 Å². The lowest BCUT2D eigenvalue weighted by atomic mass is 9.99. The number of aryl methyl sites for hydroxylation is 1. The highest BCUT2D eigenvalue weighted by atomic mass is 17.0. The van der Waals surface area contributed by atoms with E-state index in [2.05, 4.69) is 6.92 Å². The van der Waals surface area contributed by atoms with Crippen LogP contribution in [0.4, 0.5) is 0 Å². The third-order valence-corrected chi connectivity index (χ3v) is 6.59. The molecule has 0 spiro atoms. The Hall–Kier alpha value is -1.88. The van der Waals surface area contributed by atoms with Crippen LogP contribution in [0.5, 0.6) is 0 Å². The van der Waals surface area contributed by atoms with Gasteiger partial charge >= 0.3 is 11.9 Å². The van der Waals surface area contributed by atoms with Crippen molar-refractivity contribution in [1.29, 1.82) is 0 Å². The van der Waals surface area contributed by atoms with E-state index in [-0.39, 0.29) is 0 Å². The maximum atomic E-state index is 12.9. The molecular weight excluding hydrogens is 450 g/mol. The van der Waals surface area contributed by atoms with E-state index in [1.54, 1.807) is 6.07 Å². The summed E-state index contributed by atoms with van der Waals surface area (Å²) >= 11 is 0. The number of hydrogen-bond acceptors (Lipinski definition) is 4. The molecular formula is C31H53NO4. The number of benzene rings is 1. The maximum absolute atomic E-state index is 12.9. The summed E-state index contributed by atoms with van der Waals surface area (Å²) in [5.74, 6) is -1.01. The predicted octanol–water partition coefficient (Wildman–Crippen LogP) is 9.14. The number of carbonyl (C=O) groups is 2. The van der Waals surface area contributed by atoms with E-state index in [1.165, 1.54) is 110 Å². The molecule has 1 rings (SSSR count). The van der Waals surface area contributed by atoms with Crippen LogP contribution in [0.25, 0.3) is 0 Å². The van der Waals surface area contributed by atoms with Gasteiger partial charge in [-0.05, 0) is 36.1 Å². The van der Waals surface area contributed by atoms with Gasteiger partial charge in [0.15, 0.2) is 0 Å². The van der Waals surface area contributed by atoms with Gasteiger partial charge in [0.25, 0.3) is 0 Å². The minimum Gasteiger partial charge on any atom is -0.312 e. The van der Waals surface area contributed by atoms with Gasteiger partial charge in [0.2, 0.25) is 0 Å². The zero-order valence-electron chi connectivity index (χ0n) is 23.5. The van der Waals surface area contributed by atoms with E-state index in [4.69, 9.17) is 9.68 Å². The zero-order valence-corrected chi connectivity index (χ0v) is 23.5. The van der Waals surface area contributed by atoms with Crippen molar-refractivity contribution in [3.8, 4) is 0 Å². The van der Waals surface area contributed by atoms with Crippen molar-refractivity contribution >= 4 is 11.9 Å². The Kier molecular flexibility index (Phi) is 19.9. The van der Waals surface area contributed by atoms with E-state index >= 15 is 0 Å². The molecule has 0 aromatic heterocycles. The molecule has 206 valence electrons. The number of nitrogens with zero attached hydrogens (tertiary/aromatic N) is 1. The first kappa shape index (κ1) is 32.1. The Labute approximate surface area is 221 Å². The molecule has 0 aliphatic heterocycles. The highest BCUT2D eigenvalue weighted by molar-refractivity contribution is 5.95. The number of unbranched alkanes of at least 4 members (excludes halogenated alkanes) is 16. The van der Waals surface area contributed by atoms with Crippen molar-refractivity contribution in [2.24, 2.45) is 0 Å². The number of hydrogen-bond donors (Lipinski definition) is 0. The molecule has 1 aromatic carbocycles. The number of carbonyl (C=O) groups excluding carboxylic acids is 2. The summed E-state index contributed by atoms with van der Waals surface area (Å²) in [6, 6.07) is 7.53. The minimum absolute atomic E-state index is 0.306. The topological polar surface area (TPSA) is 55.8 Å². The predicted molar refractivity (Wildman–Crippen MR) is 148 cm³/mol. The fourth-order valence-corrected chi connectivity index (χ4v) is 4.50. The summed E-state index contributed by atoms with van der Waals surface area (Å²) in [7, 11) is 0. The summed E-state index contributed by atoms with van der Waals surface area (Å²) < 4.78 is 0. The fraction of sp³-hybridized carbons (Fsp3) is 0.742. The monoisotopic (exact) mass is 503 g/mol. The van der Waals surface area contributed by atoms with Gasteiger partial charge in [-0.3, -0.25) is 4.79 Å². The molecule has 0 aliphatic carbocycles. The van der Waals surface area contributed by atoms with Crippen molar-refractivity contribution < 1.29 is 19.3 Å². The average molecular weight is 504 g/mol. The number of amides is 1. The quantitative estimate of drug-likeness (QED) is 0.117. The summed E-state index contributed by atoms with van der Waals surface area (Å²) in [5, 5.41) is 0.735. The summed E-state index contributed by atoms with van der Waals surface area (Å²) in [6.07, 6.45) is 24.5. The normalized spacial score (nSPS) is 11.0. The van der Waals surface area contributed by atoms with Gasteiger partial charge in [-0.25, -0.2) is 9.63 Å². The molecule has 0 bridgehead atoms. The van der Waals surface area contributed by atoms with Crippen molar-refractivity contribution in [3.63, 3.8) is 0 Å². The molecule has 0 N–H and O–H groups in total. The first-order valence-electron chi connectivity index (χ1n) is 14.8. The molecule has 0 heterocycles. The van der Waals surface area contributed by atoms with Crippen molar-refractivity contribution in [2.75, 3.05) is 6.61 Å². The van der Waals surface area contributed by atoms with Crippen LogP contribution in [0.1, 0.15) is 152 Å². The summed E-state index contributed by atoms with van der Waals surface area (Å²) in [5.41, 5.74) is 1.51. The van der Waals surface area contributed by atoms with Gasteiger partial charge in [-0.15, -0.1) is 0 Å². The van der Waals surface area contributed by atoms with Gasteiger partial charge in [0, 0.05) is 12.5 Å². The fourth-order valence-electron chi connectivity index (χ4n) is 4.50. The van der Waals surface area contributed by atoms with E-state index in [9.17, 15) is 9.59 Å². The minimum atomic E-state index is -0.579. The average Bonchev–Trinajstić information content (AvgIpc) is 2.88. The van der Waals surface area contributed by atoms with E-state index in [0.29, 0.717) is 18.6 Å². The van der Waals surface area contributed by atoms with Crippen molar-refractivity contribution in [2.45, 2.75) is 143 Å². The van der Waals surface area contributed by atoms with Crippen LogP contribution >= 0.6 is 0 Å². The Morgan fingerprint density at radius 1 is 0.667 bits per heavy atom. The molecule has 0 unspecified atom stereocenters. The third-order valence-electron chi connectivity index (χ3n) is 6.59. The maximum Gasteiger partial charge on any atom is 0.332 e. The van der Waals surface area contributed by atoms with Gasteiger partial charge in [0.1, 0.15) is 0 Å². The lowest BCUT2D eigenvalue weighted by molar-refractivity contribution is -0.306. The second-order valence-corrected chi connectivity index (χ2v) is 10.0. The molecule has 0 saturated carbocycles. The molecule has 0 fully saturated rings. The molecule has 5 heteroatoms. The van der Waals surface area contributed by atoms with Crippen LogP contribution in [0, 0.1) is 0 Å². The summed E-state index contributed by atoms with van der Waals surface area (Å²) in [6.45, 7) is 5.78. The Morgan fingerprint density at radius 3 is 1.61 bits per heavy atom. The van der Waals surface area contributed by atoms with Crippen LogP contribution in [0.2, 0.25) is 0 Å². The molecule has 1 aromatic rings. The van der Waals surface area contributed by atoms with Crippen LogP contribution < -0.4 is 0 Å². The van der Waals surface area contributed by atoms with Crippen molar-refractivity contribution in [3.05, 3.63) is 35.4 Å². The Morgan fingerprint density at radius 2 is 1.14 bits per heavy atom. The second-order valence-electron chi connectivity index (χ2n) is 10.0. The van der Waals surface area contributed by atoms with Gasteiger partial charge in [0.05, 0.1) is 6.61 Å². The second kappa shape index (κ2) is 22.3. The zero-order chi connectivity index (χ0) is 26.3. The lowest BCUT2D eigenvalue weighted by Crippen LogP contribution is -2.34. The summed E-state index contributed by atoms with van der Waals surface area (Å²) in [4.78, 5) is 34.6. The first-order chi connectivity index (χ1) is 17.6. The van der Waals surface area contributed by atoms with E-state index in [0.717, 1.165) is 23.6 Å². The molecule has 0 saturated heterocycles. The van der Waals surface area contributed by atoms with Crippen LogP contribution in [-0.4, -0.2) is 23.7 Å². The van der Waals surface area contributed by atoms with Crippen molar-refractivity contribution in [1.82, 2.24) is 5.23 Å². The Bertz CT molecular complexity index is 691. The highest BCUT2D eigenvalue weighted by Gasteiger charge is 2.22. The van der Waals surface area contributed by atoms with E-state index < -0.39 is 11.9 Å². The smallest absolute Gasteiger partial charge is 0.312 e. The SMILES string of the molecule is CCCCCCCCCCCCCCCCCCCc1ccccc1C(=O)N(OCCC)OC(C)=O. The molecule has 0 atom stereocenters. The molecule has 5 nitrogen and oxygen atoms in total. The standard InChI is InChI=1S/C31H53NO4/c1-4-6-7-8-9-10-11-12-13-14-15-16-17-18-19-20-21-24-29-25-22-23-26-30(29)31(34)32(35-27-5-2)36-28(3)33/h22-23,25-26H,4-21,24,27H2,1-3H3. The highest BCUT2D eigenvalue weighted by Crippen LogP contribution is 2.18. The number of rotatable bonds is 22. The molecule has 1 amide bonds. The van der Waals surface area contributed by atoms with Crippen LogP contribution in [0.15, 0.2) is 24.3 Å². The molecule has 0 aliphatic rings. The molecule has 36 heavy (non-hydrogen) atoms. The third kappa shape index (κ3) is 16.0. The first-order valence-corrected chi connectivity index (χ1v) is 14.8.